The Morgan fingerprint density at radius 3 is 2.78 bits per heavy atom. The molecule has 1 atom stereocenters. The van der Waals surface area contributed by atoms with Crippen LogP contribution in [-0.2, 0) is 4.79 Å². The zero-order valence-corrected chi connectivity index (χ0v) is 10.6. The Bertz CT molecular complexity index is 479. The summed E-state index contributed by atoms with van der Waals surface area (Å²) in [6.45, 7) is 4.05. The van der Waals surface area contributed by atoms with Crippen LogP contribution in [0.5, 0.6) is 0 Å². The lowest BCUT2D eigenvalue weighted by molar-refractivity contribution is -0.148. The van der Waals surface area contributed by atoms with Crippen LogP contribution in [0, 0.1) is 6.92 Å². The van der Waals surface area contributed by atoms with Crippen LogP contribution in [0.1, 0.15) is 42.3 Å². The number of aliphatic carboxylic acids is 1. The van der Waals surface area contributed by atoms with E-state index in [0.29, 0.717) is 30.7 Å². The molecule has 2 heterocycles. The molecule has 5 nitrogen and oxygen atoms in total. The highest BCUT2D eigenvalue weighted by Crippen LogP contribution is 2.34. The maximum Gasteiger partial charge on any atom is 0.329 e. The first-order valence-electron chi connectivity index (χ1n) is 6.12. The van der Waals surface area contributed by atoms with Crippen molar-refractivity contribution in [2.45, 2.75) is 38.6 Å². The van der Waals surface area contributed by atoms with Crippen molar-refractivity contribution in [1.82, 2.24) is 4.90 Å². The number of nitrogens with zero attached hydrogens (tertiary/aromatic N) is 1. The normalized spacial score (nSPS) is 23.3. The fourth-order valence-corrected chi connectivity index (χ4v) is 2.63. The van der Waals surface area contributed by atoms with E-state index in [9.17, 15) is 14.7 Å². The monoisotopic (exact) mass is 251 g/mol. The molecule has 1 aromatic rings. The smallest absolute Gasteiger partial charge is 0.329 e. The number of likely N-dealkylation sites (tertiary alicyclic amines) is 1. The second kappa shape index (κ2) is 4.48. The quantitative estimate of drug-likeness (QED) is 0.892. The molecule has 1 unspecified atom stereocenters. The minimum atomic E-state index is -1.05. The maximum absolute atomic E-state index is 12.3. The van der Waals surface area contributed by atoms with Crippen LogP contribution in [-0.4, -0.2) is 34.0 Å². The summed E-state index contributed by atoms with van der Waals surface area (Å²) in [5.41, 5.74) is -0.629. The summed E-state index contributed by atoms with van der Waals surface area (Å²) in [5.74, 6) is -0.528. The number of carbonyl (C=O) groups is 2. The summed E-state index contributed by atoms with van der Waals surface area (Å²) in [6, 6.07) is 1.64. The lowest BCUT2D eigenvalue weighted by atomic mass is 9.92. The molecule has 1 aliphatic heterocycles. The molecule has 5 heteroatoms. The third kappa shape index (κ3) is 1.79. The largest absolute Gasteiger partial charge is 0.479 e. The van der Waals surface area contributed by atoms with Crippen LogP contribution in [0.2, 0.25) is 0 Å². The minimum absolute atomic E-state index is 0.256. The average Bonchev–Trinajstić information content (AvgIpc) is 2.94. The number of aryl methyl sites for hydroxylation is 1. The van der Waals surface area contributed by atoms with Gasteiger partial charge < -0.3 is 14.4 Å². The Balaban J connectivity index is 2.32. The SMILES string of the molecule is CCC1(C(=O)O)CCCN1C(=O)c1coc(C)c1. The van der Waals surface area contributed by atoms with Gasteiger partial charge in [-0.3, -0.25) is 4.79 Å². The topological polar surface area (TPSA) is 70.8 Å². The Kier molecular flexibility index (Phi) is 3.15. The van der Waals surface area contributed by atoms with E-state index in [1.54, 1.807) is 19.9 Å². The molecule has 0 spiro atoms. The third-order valence-corrected chi connectivity index (χ3v) is 3.69. The van der Waals surface area contributed by atoms with Gasteiger partial charge in [0.05, 0.1) is 5.56 Å². The molecule has 1 aliphatic rings. The van der Waals surface area contributed by atoms with Crippen molar-refractivity contribution in [2.24, 2.45) is 0 Å². The highest BCUT2D eigenvalue weighted by atomic mass is 16.4. The standard InChI is InChI=1S/C13H17NO4/c1-3-13(12(16)17)5-4-6-14(13)11(15)10-7-9(2)18-8-10/h7-8H,3-6H2,1-2H3,(H,16,17). The summed E-state index contributed by atoms with van der Waals surface area (Å²) < 4.78 is 5.11. The van der Waals surface area contributed by atoms with E-state index < -0.39 is 11.5 Å². The first-order valence-corrected chi connectivity index (χ1v) is 6.12. The molecule has 1 N–H and O–H groups in total. The van der Waals surface area contributed by atoms with E-state index in [-0.39, 0.29) is 5.91 Å². The lowest BCUT2D eigenvalue weighted by Crippen LogP contribution is -2.52. The van der Waals surface area contributed by atoms with Gasteiger partial charge in [-0.25, -0.2) is 4.79 Å². The van der Waals surface area contributed by atoms with Crippen molar-refractivity contribution < 1.29 is 19.1 Å². The molecule has 0 radical (unpaired) electrons. The molecule has 0 bridgehead atoms. The Hall–Kier alpha value is -1.78. The average molecular weight is 251 g/mol. The fourth-order valence-electron chi connectivity index (χ4n) is 2.63. The van der Waals surface area contributed by atoms with Gasteiger partial charge in [0, 0.05) is 6.54 Å². The molecule has 1 aromatic heterocycles. The highest BCUT2D eigenvalue weighted by Gasteiger charge is 2.48. The van der Waals surface area contributed by atoms with Crippen LogP contribution in [0.4, 0.5) is 0 Å². The summed E-state index contributed by atoms with van der Waals surface area (Å²) >= 11 is 0. The number of amides is 1. The lowest BCUT2D eigenvalue weighted by Gasteiger charge is -2.33. The van der Waals surface area contributed by atoms with Crippen LogP contribution in [0.3, 0.4) is 0 Å². The van der Waals surface area contributed by atoms with Gasteiger partial charge in [-0.05, 0) is 32.3 Å². The first kappa shape index (κ1) is 12.7. The van der Waals surface area contributed by atoms with Gasteiger partial charge in [0.1, 0.15) is 17.6 Å². The number of furan rings is 1. The van der Waals surface area contributed by atoms with E-state index in [0.717, 1.165) is 6.42 Å². The van der Waals surface area contributed by atoms with Gasteiger partial charge in [0.25, 0.3) is 5.91 Å². The van der Waals surface area contributed by atoms with E-state index in [1.165, 1.54) is 11.2 Å². The third-order valence-electron chi connectivity index (χ3n) is 3.69. The fraction of sp³-hybridized carbons (Fsp3) is 0.538. The summed E-state index contributed by atoms with van der Waals surface area (Å²) in [5, 5.41) is 9.42. The predicted molar refractivity (Wildman–Crippen MR) is 64.4 cm³/mol. The molecular weight excluding hydrogens is 234 g/mol. The number of carbonyl (C=O) groups excluding carboxylic acids is 1. The van der Waals surface area contributed by atoms with E-state index in [4.69, 9.17) is 4.42 Å². The predicted octanol–water partition coefficient (Wildman–Crippen LogP) is 2.06. The van der Waals surface area contributed by atoms with Crippen LogP contribution in [0.25, 0.3) is 0 Å². The zero-order chi connectivity index (χ0) is 13.3. The molecule has 1 saturated heterocycles. The molecule has 18 heavy (non-hydrogen) atoms. The Morgan fingerprint density at radius 2 is 2.28 bits per heavy atom. The Morgan fingerprint density at radius 1 is 1.56 bits per heavy atom. The van der Waals surface area contributed by atoms with Crippen molar-refractivity contribution in [1.29, 1.82) is 0 Å². The van der Waals surface area contributed by atoms with Crippen LogP contribution < -0.4 is 0 Å². The van der Waals surface area contributed by atoms with Gasteiger partial charge >= 0.3 is 5.97 Å². The van der Waals surface area contributed by atoms with Crippen LogP contribution in [0.15, 0.2) is 16.7 Å². The molecule has 0 aliphatic carbocycles. The first-order chi connectivity index (χ1) is 8.51. The van der Waals surface area contributed by atoms with Gasteiger partial charge in [-0.2, -0.15) is 0 Å². The van der Waals surface area contributed by atoms with E-state index in [1.807, 2.05) is 0 Å². The second-order valence-electron chi connectivity index (χ2n) is 4.70. The van der Waals surface area contributed by atoms with Gasteiger partial charge in [0.15, 0.2) is 0 Å². The molecule has 1 fully saturated rings. The maximum atomic E-state index is 12.3. The highest BCUT2D eigenvalue weighted by molar-refractivity contribution is 5.98. The van der Waals surface area contributed by atoms with Gasteiger partial charge in [0.2, 0.25) is 0 Å². The van der Waals surface area contributed by atoms with E-state index in [2.05, 4.69) is 0 Å². The van der Waals surface area contributed by atoms with Crippen molar-refractivity contribution >= 4 is 11.9 Å². The number of carboxylic acids is 1. The number of hydrogen-bond donors (Lipinski definition) is 1. The molecule has 0 aromatic carbocycles. The van der Waals surface area contributed by atoms with Crippen molar-refractivity contribution in [3.8, 4) is 0 Å². The van der Waals surface area contributed by atoms with Crippen molar-refractivity contribution in [3.63, 3.8) is 0 Å². The number of hydrogen-bond acceptors (Lipinski definition) is 3. The Labute approximate surface area is 105 Å². The van der Waals surface area contributed by atoms with Crippen molar-refractivity contribution in [3.05, 3.63) is 23.7 Å². The molecule has 1 amide bonds. The summed E-state index contributed by atoms with van der Waals surface area (Å²) in [7, 11) is 0. The van der Waals surface area contributed by atoms with Crippen molar-refractivity contribution in [2.75, 3.05) is 6.54 Å². The van der Waals surface area contributed by atoms with E-state index >= 15 is 0 Å². The molecule has 0 saturated carbocycles. The molecule has 2 rings (SSSR count). The molecule has 98 valence electrons. The van der Waals surface area contributed by atoms with Gasteiger partial charge in [-0.1, -0.05) is 6.92 Å². The number of carboxylic acid groups (broad SMARTS) is 1. The number of rotatable bonds is 3. The zero-order valence-electron chi connectivity index (χ0n) is 10.6. The van der Waals surface area contributed by atoms with Crippen LogP contribution >= 0.6 is 0 Å². The van der Waals surface area contributed by atoms with Gasteiger partial charge in [-0.15, -0.1) is 0 Å². The molecular formula is C13H17NO4. The summed E-state index contributed by atoms with van der Waals surface area (Å²) in [6.07, 6.45) is 3.05. The minimum Gasteiger partial charge on any atom is -0.479 e. The summed E-state index contributed by atoms with van der Waals surface area (Å²) in [4.78, 5) is 25.3. The second-order valence-corrected chi connectivity index (χ2v) is 4.70.